The molecule has 2 heterocycles. The minimum absolute atomic E-state index is 0.270. The van der Waals surface area contributed by atoms with Gasteiger partial charge in [0, 0.05) is 18.7 Å². The van der Waals surface area contributed by atoms with Gasteiger partial charge in [-0.25, -0.2) is 0 Å². The second-order valence-corrected chi connectivity index (χ2v) is 4.37. The molecule has 2 aliphatic rings. The van der Waals surface area contributed by atoms with E-state index in [0.29, 0.717) is 18.8 Å². The molecule has 3 rings (SSSR count). The van der Waals surface area contributed by atoms with Crippen LogP contribution in [0.4, 0.5) is 0 Å². The normalized spacial score (nSPS) is 23.5. The summed E-state index contributed by atoms with van der Waals surface area (Å²) in [5.74, 6) is 0.841. The van der Waals surface area contributed by atoms with Gasteiger partial charge in [-0.05, 0) is 12.1 Å². The maximum atomic E-state index is 9.26. The molecule has 0 N–H and O–H groups in total. The quantitative estimate of drug-likeness (QED) is 0.751. The molecule has 4 nitrogen and oxygen atoms in total. The summed E-state index contributed by atoms with van der Waals surface area (Å²) < 4.78 is 11.3. The minimum atomic E-state index is -0.270. The summed E-state index contributed by atoms with van der Waals surface area (Å²) in [4.78, 5) is 2.15. The molecule has 4 heteroatoms. The zero-order valence-electron chi connectivity index (χ0n) is 10.0. The number of nitriles is 1. The monoisotopic (exact) mass is 242 g/mol. The van der Waals surface area contributed by atoms with Gasteiger partial charge in [0.25, 0.3) is 0 Å². The summed E-state index contributed by atoms with van der Waals surface area (Å²) in [6.45, 7) is 2.98. The molecular weight excluding hydrogens is 228 g/mol. The molecule has 1 aromatic carbocycles. The van der Waals surface area contributed by atoms with Crippen molar-refractivity contribution in [3.63, 3.8) is 0 Å². The Labute approximate surface area is 106 Å². The number of nitrogens with zero attached hydrogens (tertiary/aromatic N) is 2. The number of benzene rings is 1. The third-order valence-electron chi connectivity index (χ3n) is 3.24. The fraction of sp³-hybridized carbons (Fsp3) is 0.357. The van der Waals surface area contributed by atoms with Crippen molar-refractivity contribution in [2.45, 2.75) is 6.23 Å². The minimum Gasteiger partial charge on any atom is -0.470 e. The van der Waals surface area contributed by atoms with Crippen LogP contribution < -0.4 is 4.74 Å². The van der Waals surface area contributed by atoms with E-state index in [-0.39, 0.29) is 6.23 Å². The highest BCUT2D eigenvalue weighted by molar-refractivity contribution is 5.65. The Morgan fingerprint density at radius 1 is 1.22 bits per heavy atom. The topological polar surface area (TPSA) is 45.5 Å². The Balaban J connectivity index is 1.91. The lowest BCUT2D eigenvalue weighted by Crippen LogP contribution is -2.47. The highest BCUT2D eigenvalue weighted by atomic mass is 16.5. The highest BCUT2D eigenvalue weighted by Gasteiger charge is 2.29. The summed E-state index contributed by atoms with van der Waals surface area (Å²) in [7, 11) is 0. The van der Waals surface area contributed by atoms with Gasteiger partial charge in [0.05, 0.1) is 18.8 Å². The summed E-state index contributed by atoms with van der Waals surface area (Å²) in [6.07, 6.45) is 1.65. The smallest absolute Gasteiger partial charge is 0.189 e. The molecule has 1 fully saturated rings. The average Bonchev–Trinajstić information content (AvgIpc) is 2.46. The van der Waals surface area contributed by atoms with E-state index in [1.165, 1.54) is 0 Å². The predicted molar refractivity (Wildman–Crippen MR) is 66.8 cm³/mol. The number of rotatable bonds is 1. The largest absolute Gasteiger partial charge is 0.470 e. The molecule has 0 unspecified atom stereocenters. The van der Waals surface area contributed by atoms with E-state index >= 15 is 0 Å². The lowest BCUT2D eigenvalue weighted by atomic mass is 10.1. The van der Waals surface area contributed by atoms with Gasteiger partial charge in [-0.15, -0.1) is 0 Å². The Hall–Kier alpha value is -1.83. The third-order valence-corrected chi connectivity index (χ3v) is 3.24. The van der Waals surface area contributed by atoms with Gasteiger partial charge in [0.15, 0.2) is 6.23 Å². The average molecular weight is 242 g/mol. The van der Waals surface area contributed by atoms with Crippen LogP contribution in [-0.4, -0.2) is 37.4 Å². The molecule has 0 bridgehead atoms. The van der Waals surface area contributed by atoms with Crippen molar-refractivity contribution in [1.82, 2.24) is 4.90 Å². The van der Waals surface area contributed by atoms with E-state index < -0.39 is 0 Å². The number of fused-ring (bicyclic) bond motifs is 1. The van der Waals surface area contributed by atoms with Crippen LogP contribution in [0.3, 0.4) is 0 Å². The van der Waals surface area contributed by atoms with E-state index in [9.17, 15) is 5.26 Å². The summed E-state index contributed by atoms with van der Waals surface area (Å²) in [6, 6.07) is 10.0. The number of ether oxygens (including phenoxy) is 2. The van der Waals surface area contributed by atoms with Crippen molar-refractivity contribution >= 4 is 6.08 Å². The molecule has 0 radical (unpaired) electrons. The lowest BCUT2D eigenvalue weighted by Gasteiger charge is -2.36. The van der Waals surface area contributed by atoms with Crippen molar-refractivity contribution in [2.24, 2.45) is 0 Å². The zero-order chi connectivity index (χ0) is 12.4. The van der Waals surface area contributed by atoms with Crippen LogP contribution in [0, 0.1) is 11.3 Å². The van der Waals surface area contributed by atoms with Crippen LogP contribution in [0.5, 0.6) is 5.75 Å². The first-order chi connectivity index (χ1) is 8.88. The van der Waals surface area contributed by atoms with Gasteiger partial charge in [0.1, 0.15) is 11.8 Å². The maximum Gasteiger partial charge on any atom is 0.189 e. The summed E-state index contributed by atoms with van der Waals surface area (Å²) >= 11 is 0. The van der Waals surface area contributed by atoms with Crippen molar-refractivity contribution < 1.29 is 9.47 Å². The number of morpholine rings is 1. The fourth-order valence-electron chi connectivity index (χ4n) is 2.30. The van der Waals surface area contributed by atoms with Gasteiger partial charge < -0.3 is 9.47 Å². The lowest BCUT2D eigenvalue weighted by molar-refractivity contribution is -0.0289. The van der Waals surface area contributed by atoms with Crippen molar-refractivity contribution in [1.29, 1.82) is 5.26 Å². The molecule has 1 atom stereocenters. The van der Waals surface area contributed by atoms with E-state index in [1.54, 1.807) is 0 Å². The van der Waals surface area contributed by atoms with Crippen molar-refractivity contribution in [2.75, 3.05) is 26.3 Å². The second-order valence-electron chi connectivity index (χ2n) is 4.37. The summed E-state index contributed by atoms with van der Waals surface area (Å²) in [5, 5.41) is 9.26. The Morgan fingerprint density at radius 2 is 2.00 bits per heavy atom. The second kappa shape index (κ2) is 4.81. The fourth-order valence-corrected chi connectivity index (χ4v) is 2.30. The third kappa shape index (κ3) is 1.99. The Kier molecular flexibility index (Phi) is 3.01. The van der Waals surface area contributed by atoms with Crippen LogP contribution in [0.1, 0.15) is 5.56 Å². The van der Waals surface area contributed by atoms with E-state index in [2.05, 4.69) is 11.0 Å². The molecule has 0 aromatic heterocycles. The highest BCUT2D eigenvalue weighted by Crippen LogP contribution is 2.30. The first kappa shape index (κ1) is 11.3. The van der Waals surface area contributed by atoms with Crippen molar-refractivity contribution in [3.8, 4) is 11.8 Å². The van der Waals surface area contributed by atoms with Crippen LogP contribution in [0.2, 0.25) is 0 Å². The molecule has 1 aromatic rings. The Morgan fingerprint density at radius 3 is 2.78 bits per heavy atom. The van der Waals surface area contributed by atoms with Crippen LogP contribution in [0.25, 0.3) is 6.08 Å². The molecule has 0 spiro atoms. The van der Waals surface area contributed by atoms with Crippen LogP contribution in [0.15, 0.2) is 29.8 Å². The molecule has 92 valence electrons. The molecule has 1 saturated heterocycles. The van der Waals surface area contributed by atoms with E-state index in [0.717, 1.165) is 24.4 Å². The van der Waals surface area contributed by atoms with Gasteiger partial charge in [0.2, 0.25) is 0 Å². The van der Waals surface area contributed by atoms with Gasteiger partial charge in [-0.1, -0.05) is 18.2 Å². The zero-order valence-corrected chi connectivity index (χ0v) is 10.0. The van der Waals surface area contributed by atoms with Gasteiger partial charge in [-0.3, -0.25) is 4.90 Å². The maximum absolute atomic E-state index is 9.26. The standard InChI is InChI=1S/C14H14N2O2/c15-10-12-9-11-3-1-2-4-13(11)18-14(12)16-5-7-17-8-6-16/h1-4,9,14H,5-8H2/t14-/m0/s1. The molecular formula is C14H14N2O2. The molecule has 0 saturated carbocycles. The molecule has 18 heavy (non-hydrogen) atoms. The number of hydrogen-bond donors (Lipinski definition) is 0. The number of hydrogen-bond acceptors (Lipinski definition) is 4. The van der Waals surface area contributed by atoms with Gasteiger partial charge in [-0.2, -0.15) is 5.26 Å². The van der Waals surface area contributed by atoms with E-state index in [4.69, 9.17) is 9.47 Å². The van der Waals surface area contributed by atoms with Gasteiger partial charge >= 0.3 is 0 Å². The van der Waals surface area contributed by atoms with Crippen LogP contribution in [-0.2, 0) is 4.74 Å². The molecule has 0 amide bonds. The predicted octanol–water partition coefficient (Wildman–Crippen LogP) is 1.64. The number of para-hydroxylation sites is 1. The Bertz CT molecular complexity index is 513. The first-order valence-corrected chi connectivity index (χ1v) is 6.07. The SMILES string of the molecule is N#CC1=Cc2ccccc2O[C@@H]1N1CCOCC1. The van der Waals surface area contributed by atoms with E-state index in [1.807, 2.05) is 30.3 Å². The molecule has 2 aliphatic heterocycles. The van der Waals surface area contributed by atoms with Crippen LogP contribution >= 0.6 is 0 Å². The molecule has 0 aliphatic carbocycles. The first-order valence-electron chi connectivity index (χ1n) is 6.07. The summed E-state index contributed by atoms with van der Waals surface area (Å²) in [5.41, 5.74) is 1.63. The van der Waals surface area contributed by atoms with Crippen molar-refractivity contribution in [3.05, 3.63) is 35.4 Å².